The number of ether oxygens (including phenoxy) is 2. The predicted molar refractivity (Wildman–Crippen MR) is 106 cm³/mol. The van der Waals surface area contributed by atoms with Crippen LogP contribution in [-0.2, 0) is 9.47 Å². The molecule has 26 heavy (non-hydrogen) atoms. The summed E-state index contributed by atoms with van der Waals surface area (Å²) in [4.78, 5) is 4.25. The van der Waals surface area contributed by atoms with Gasteiger partial charge in [-0.15, -0.1) is 0 Å². The van der Waals surface area contributed by atoms with Crippen molar-refractivity contribution in [2.24, 2.45) is 4.99 Å². The van der Waals surface area contributed by atoms with Crippen LogP contribution in [0.25, 0.3) is 0 Å². The van der Waals surface area contributed by atoms with E-state index < -0.39 is 11.2 Å². The summed E-state index contributed by atoms with van der Waals surface area (Å²) in [6.45, 7) is 13.6. The number of nitriles is 1. The smallest absolute Gasteiger partial charge is 0.312 e. The lowest BCUT2D eigenvalue weighted by Gasteiger charge is -2.24. The van der Waals surface area contributed by atoms with E-state index in [1.165, 1.54) is 0 Å². The Hall–Kier alpha value is -2.35. The van der Waals surface area contributed by atoms with Crippen LogP contribution in [0.2, 0.25) is 0 Å². The number of aliphatic imine (C=N–C) groups is 1. The molecule has 0 spiro atoms. The van der Waals surface area contributed by atoms with E-state index >= 15 is 0 Å². The quantitative estimate of drug-likeness (QED) is 0.578. The van der Waals surface area contributed by atoms with Gasteiger partial charge >= 0.3 is 6.02 Å². The second-order valence-electron chi connectivity index (χ2n) is 8.42. The summed E-state index contributed by atoms with van der Waals surface area (Å²) in [5.74, 6) is 0.741. The lowest BCUT2D eigenvalue weighted by Crippen LogP contribution is -2.27. The van der Waals surface area contributed by atoms with Crippen LogP contribution in [0.4, 0.5) is 0 Å². The van der Waals surface area contributed by atoms with Crippen LogP contribution in [0, 0.1) is 16.7 Å². The fourth-order valence-corrected chi connectivity index (χ4v) is 2.33. The predicted octanol–water partition coefficient (Wildman–Crippen LogP) is 5.41. The summed E-state index contributed by atoms with van der Waals surface area (Å²) < 4.78 is 11.4. The average Bonchev–Trinajstić information content (AvgIpc) is 2.49. The highest BCUT2D eigenvalue weighted by Crippen LogP contribution is 2.23. The fourth-order valence-electron chi connectivity index (χ4n) is 2.33. The Morgan fingerprint density at radius 2 is 1.77 bits per heavy atom. The summed E-state index contributed by atoms with van der Waals surface area (Å²) in [7, 11) is 0. The maximum atomic E-state index is 9.05. The first-order valence-corrected chi connectivity index (χ1v) is 8.94. The van der Waals surface area contributed by atoms with E-state index in [0.717, 1.165) is 12.0 Å². The van der Waals surface area contributed by atoms with Crippen LogP contribution < -0.4 is 0 Å². The van der Waals surface area contributed by atoms with Crippen molar-refractivity contribution in [1.82, 2.24) is 0 Å². The lowest BCUT2D eigenvalue weighted by atomic mass is 9.95. The molecule has 0 fully saturated rings. The molecule has 1 unspecified atom stereocenters. The van der Waals surface area contributed by atoms with Gasteiger partial charge in [0.05, 0.1) is 11.6 Å². The molecule has 0 radical (unpaired) electrons. The van der Waals surface area contributed by atoms with Gasteiger partial charge in [-0.3, -0.25) is 0 Å². The van der Waals surface area contributed by atoms with E-state index in [9.17, 15) is 0 Å². The third-order valence-corrected chi connectivity index (χ3v) is 3.43. The molecular formula is C21H31N3O2. The van der Waals surface area contributed by atoms with Crippen molar-refractivity contribution in [3.05, 3.63) is 35.4 Å². The maximum Gasteiger partial charge on any atom is 0.312 e. The summed E-state index contributed by atoms with van der Waals surface area (Å²) >= 11 is 0. The Morgan fingerprint density at radius 1 is 1.15 bits per heavy atom. The largest absolute Gasteiger partial charge is 0.475 e. The second-order valence-corrected chi connectivity index (χ2v) is 8.42. The highest BCUT2D eigenvalue weighted by molar-refractivity contribution is 5.89. The maximum absolute atomic E-state index is 9.05. The standard InChI is InChI=1S/C21H31N3O2/c1-15(17-10-8-9-16(13-17)14-22)11-12-18(25-20(2,3)4)24-19(23)26-21(5,6)7/h8-10,13,15,23H,11-12H2,1-7H3. The Kier molecular flexibility index (Phi) is 7.38. The van der Waals surface area contributed by atoms with Gasteiger partial charge in [0.1, 0.15) is 11.2 Å². The molecule has 0 bridgehead atoms. The van der Waals surface area contributed by atoms with Crippen molar-refractivity contribution in [3.8, 4) is 6.07 Å². The van der Waals surface area contributed by atoms with Gasteiger partial charge < -0.3 is 9.47 Å². The van der Waals surface area contributed by atoms with Crippen molar-refractivity contribution in [2.45, 2.75) is 78.4 Å². The Morgan fingerprint density at radius 3 is 2.31 bits per heavy atom. The Bertz CT molecular complexity index is 688. The van der Waals surface area contributed by atoms with E-state index in [4.69, 9.17) is 20.1 Å². The molecule has 1 aromatic carbocycles. The lowest BCUT2D eigenvalue weighted by molar-refractivity contribution is 0.104. The molecule has 0 saturated carbocycles. The SMILES string of the molecule is CC(CCC(=NC(=N)OC(C)(C)C)OC(C)(C)C)c1cccc(C#N)c1. The van der Waals surface area contributed by atoms with Crippen LogP contribution in [0.1, 0.15) is 78.4 Å². The summed E-state index contributed by atoms with van der Waals surface area (Å²) in [5.41, 5.74) is 0.901. The zero-order valence-electron chi connectivity index (χ0n) is 17.0. The number of nitrogens with one attached hydrogen (secondary N) is 1. The number of benzene rings is 1. The topological polar surface area (TPSA) is 78.5 Å². The zero-order chi connectivity index (χ0) is 20.0. The van der Waals surface area contributed by atoms with E-state index in [0.29, 0.717) is 17.9 Å². The first-order valence-electron chi connectivity index (χ1n) is 8.94. The minimum atomic E-state index is -0.474. The van der Waals surface area contributed by atoms with E-state index in [1.807, 2.05) is 59.7 Å². The van der Waals surface area contributed by atoms with Gasteiger partial charge in [-0.05, 0) is 71.6 Å². The summed E-state index contributed by atoms with van der Waals surface area (Å²) in [5, 5.41) is 17.0. The van der Waals surface area contributed by atoms with E-state index in [1.54, 1.807) is 6.07 Å². The minimum absolute atomic E-state index is 0.143. The van der Waals surface area contributed by atoms with Gasteiger partial charge in [-0.2, -0.15) is 10.3 Å². The number of nitrogens with zero attached hydrogens (tertiary/aromatic N) is 2. The Balaban J connectivity index is 2.85. The Labute approximate surface area is 157 Å². The number of hydrogen-bond acceptors (Lipinski definition) is 4. The fraction of sp³-hybridized carbons (Fsp3) is 0.571. The first kappa shape index (κ1) is 21.7. The molecule has 5 nitrogen and oxygen atoms in total. The molecule has 0 aliphatic carbocycles. The van der Waals surface area contributed by atoms with Gasteiger partial charge in [0.25, 0.3) is 0 Å². The van der Waals surface area contributed by atoms with E-state index in [-0.39, 0.29) is 11.9 Å². The monoisotopic (exact) mass is 357 g/mol. The van der Waals surface area contributed by atoms with Crippen LogP contribution in [0.15, 0.2) is 29.3 Å². The number of rotatable bonds is 4. The highest BCUT2D eigenvalue weighted by Gasteiger charge is 2.19. The average molecular weight is 357 g/mol. The van der Waals surface area contributed by atoms with Gasteiger partial charge in [-0.25, -0.2) is 5.41 Å². The molecule has 1 aromatic rings. The van der Waals surface area contributed by atoms with E-state index in [2.05, 4.69) is 18.0 Å². The van der Waals surface area contributed by atoms with Crippen LogP contribution in [0.3, 0.4) is 0 Å². The van der Waals surface area contributed by atoms with Gasteiger partial charge in [0.2, 0.25) is 0 Å². The molecule has 0 aromatic heterocycles. The molecule has 0 aliphatic rings. The molecule has 1 atom stereocenters. The van der Waals surface area contributed by atoms with Crippen molar-refractivity contribution in [1.29, 1.82) is 10.7 Å². The summed E-state index contributed by atoms with van der Waals surface area (Å²) in [6.07, 6.45) is 1.39. The molecule has 0 aliphatic heterocycles. The van der Waals surface area contributed by atoms with Crippen molar-refractivity contribution in [2.75, 3.05) is 0 Å². The normalized spacial score (nSPS) is 13.7. The second kappa shape index (κ2) is 8.84. The molecule has 1 rings (SSSR count). The number of hydrogen-bond donors (Lipinski definition) is 1. The van der Waals surface area contributed by atoms with Crippen LogP contribution in [0.5, 0.6) is 0 Å². The van der Waals surface area contributed by atoms with Crippen molar-refractivity contribution >= 4 is 11.9 Å². The molecular weight excluding hydrogens is 326 g/mol. The molecule has 0 saturated heterocycles. The van der Waals surface area contributed by atoms with Crippen molar-refractivity contribution < 1.29 is 9.47 Å². The van der Waals surface area contributed by atoms with Crippen molar-refractivity contribution in [3.63, 3.8) is 0 Å². The third-order valence-electron chi connectivity index (χ3n) is 3.43. The molecule has 1 N–H and O–H groups in total. The summed E-state index contributed by atoms with van der Waals surface area (Å²) in [6, 6.07) is 9.67. The van der Waals surface area contributed by atoms with Gasteiger partial charge in [0.15, 0.2) is 5.90 Å². The molecule has 0 heterocycles. The highest BCUT2D eigenvalue weighted by atomic mass is 16.5. The zero-order valence-corrected chi connectivity index (χ0v) is 17.0. The number of amidine groups is 1. The molecule has 5 heteroatoms. The third kappa shape index (κ3) is 8.66. The van der Waals surface area contributed by atoms with Gasteiger partial charge in [-0.1, -0.05) is 19.1 Å². The van der Waals surface area contributed by atoms with Gasteiger partial charge in [0, 0.05) is 6.42 Å². The first-order chi connectivity index (χ1) is 11.9. The van der Waals surface area contributed by atoms with Crippen LogP contribution >= 0.6 is 0 Å². The van der Waals surface area contributed by atoms with Crippen LogP contribution in [-0.4, -0.2) is 23.1 Å². The minimum Gasteiger partial charge on any atom is -0.475 e. The molecule has 142 valence electrons. The molecule has 0 amide bonds.